The summed E-state index contributed by atoms with van der Waals surface area (Å²) in [5.41, 5.74) is -2.94. The van der Waals surface area contributed by atoms with Gasteiger partial charge in [-0.05, 0) is 23.8 Å². The Balaban J connectivity index is 2.81. The summed E-state index contributed by atoms with van der Waals surface area (Å²) < 4.78 is 38.7. The lowest BCUT2D eigenvalue weighted by Crippen LogP contribution is -2.39. The van der Waals surface area contributed by atoms with Crippen molar-refractivity contribution in [2.24, 2.45) is 0 Å². The zero-order valence-electron chi connectivity index (χ0n) is 9.99. The highest BCUT2D eigenvalue weighted by molar-refractivity contribution is 5.91. The first-order valence-electron chi connectivity index (χ1n) is 5.50. The fraction of sp³-hybridized carbons (Fsp3) is 0.214. The number of hydrogen-bond donors (Lipinski definition) is 1. The second-order valence-electron chi connectivity index (χ2n) is 4.39. The lowest BCUT2D eigenvalue weighted by atomic mass is 9.89. The molecule has 0 heterocycles. The van der Waals surface area contributed by atoms with Crippen LogP contribution in [0.5, 0.6) is 0 Å². The van der Waals surface area contributed by atoms with Crippen molar-refractivity contribution in [3.05, 3.63) is 47.5 Å². The predicted molar refractivity (Wildman–Crippen MR) is 64.3 cm³/mol. The van der Waals surface area contributed by atoms with Gasteiger partial charge in [-0.15, -0.1) is 0 Å². The second kappa shape index (κ2) is 4.25. The molecule has 0 amide bonds. The van der Waals surface area contributed by atoms with Crippen LogP contribution in [-0.4, -0.2) is 11.3 Å². The van der Waals surface area contributed by atoms with E-state index in [0.717, 1.165) is 0 Å². The number of halogens is 3. The van der Waals surface area contributed by atoms with Crippen molar-refractivity contribution < 1.29 is 18.3 Å². The minimum atomic E-state index is -4.79. The van der Waals surface area contributed by atoms with Crippen LogP contribution in [0.15, 0.2) is 36.4 Å². The first kappa shape index (κ1) is 13.4. The zero-order valence-corrected chi connectivity index (χ0v) is 9.99. The van der Waals surface area contributed by atoms with Crippen molar-refractivity contribution in [3.63, 3.8) is 0 Å². The largest absolute Gasteiger partial charge is 0.421 e. The summed E-state index contributed by atoms with van der Waals surface area (Å²) in [5.74, 6) is 0. The molecule has 2 aromatic rings. The maximum atomic E-state index is 12.9. The lowest BCUT2D eigenvalue weighted by Gasteiger charge is -2.28. The van der Waals surface area contributed by atoms with Gasteiger partial charge in [-0.1, -0.05) is 30.3 Å². The molecule has 0 aliphatic rings. The molecule has 0 spiro atoms. The molecule has 0 aliphatic carbocycles. The molecular formula is C14H10F3NO. The number of fused-ring (bicyclic) bond motifs is 1. The fourth-order valence-corrected chi connectivity index (χ4v) is 1.98. The molecule has 0 bridgehead atoms. The molecule has 0 saturated carbocycles. The third-order valence-electron chi connectivity index (χ3n) is 3.12. The van der Waals surface area contributed by atoms with Gasteiger partial charge in [0.2, 0.25) is 0 Å². The van der Waals surface area contributed by atoms with Gasteiger partial charge in [0.1, 0.15) is 0 Å². The van der Waals surface area contributed by atoms with Crippen molar-refractivity contribution in [3.8, 4) is 6.07 Å². The van der Waals surface area contributed by atoms with E-state index in [9.17, 15) is 18.3 Å². The number of aliphatic hydroxyl groups is 1. The Morgan fingerprint density at radius 2 is 1.63 bits per heavy atom. The Kier molecular flexibility index (Phi) is 2.99. The maximum absolute atomic E-state index is 12.9. The van der Waals surface area contributed by atoms with E-state index in [-0.39, 0.29) is 16.5 Å². The van der Waals surface area contributed by atoms with Crippen LogP contribution in [0.2, 0.25) is 0 Å². The highest BCUT2D eigenvalue weighted by Crippen LogP contribution is 2.41. The third-order valence-corrected chi connectivity index (χ3v) is 3.12. The van der Waals surface area contributed by atoms with Crippen molar-refractivity contribution in [1.82, 2.24) is 0 Å². The van der Waals surface area contributed by atoms with Gasteiger partial charge < -0.3 is 5.11 Å². The van der Waals surface area contributed by atoms with Gasteiger partial charge in [0.25, 0.3) is 0 Å². The van der Waals surface area contributed by atoms with Crippen molar-refractivity contribution in [2.75, 3.05) is 0 Å². The Morgan fingerprint density at radius 1 is 1.05 bits per heavy atom. The number of alkyl halides is 3. The summed E-state index contributed by atoms with van der Waals surface area (Å²) in [6, 6.07) is 10.6. The molecule has 2 aromatic carbocycles. The number of nitrogens with zero attached hydrogens (tertiary/aromatic N) is 1. The number of benzene rings is 2. The SMILES string of the molecule is CC(O)(c1cccc2c(C#N)cccc12)C(F)(F)F. The van der Waals surface area contributed by atoms with Gasteiger partial charge in [0.15, 0.2) is 5.60 Å². The lowest BCUT2D eigenvalue weighted by molar-refractivity contribution is -0.258. The number of nitriles is 1. The van der Waals surface area contributed by atoms with Crippen LogP contribution in [0.3, 0.4) is 0 Å². The summed E-state index contributed by atoms with van der Waals surface area (Å²) in [6.45, 7) is 0.709. The van der Waals surface area contributed by atoms with Gasteiger partial charge in [0, 0.05) is 5.56 Å². The molecule has 0 aliphatic heterocycles. The Morgan fingerprint density at radius 3 is 2.21 bits per heavy atom. The highest BCUT2D eigenvalue weighted by Gasteiger charge is 2.51. The van der Waals surface area contributed by atoms with E-state index in [2.05, 4.69) is 0 Å². The standard InChI is InChI=1S/C14H10F3NO/c1-13(19,14(15,16)17)12-7-3-5-10-9(8-18)4-2-6-11(10)12/h2-7,19H,1H3. The van der Waals surface area contributed by atoms with E-state index in [4.69, 9.17) is 5.26 Å². The van der Waals surface area contributed by atoms with E-state index in [1.54, 1.807) is 6.07 Å². The average Bonchev–Trinajstić information content (AvgIpc) is 2.35. The highest BCUT2D eigenvalue weighted by atomic mass is 19.4. The van der Waals surface area contributed by atoms with Gasteiger partial charge in [0.05, 0.1) is 11.6 Å². The quantitative estimate of drug-likeness (QED) is 0.857. The van der Waals surface area contributed by atoms with Crippen molar-refractivity contribution in [1.29, 1.82) is 5.26 Å². The molecular weight excluding hydrogens is 255 g/mol. The van der Waals surface area contributed by atoms with E-state index < -0.39 is 11.8 Å². The normalized spacial score (nSPS) is 14.9. The molecule has 2 rings (SSSR count). The Bertz CT molecular complexity index is 668. The summed E-state index contributed by atoms with van der Waals surface area (Å²) in [5, 5.41) is 19.4. The fourth-order valence-electron chi connectivity index (χ4n) is 1.98. The van der Waals surface area contributed by atoms with Crippen LogP contribution >= 0.6 is 0 Å². The topological polar surface area (TPSA) is 44.0 Å². The Hall–Kier alpha value is -2.06. The first-order chi connectivity index (χ1) is 8.79. The molecule has 1 N–H and O–H groups in total. The summed E-state index contributed by atoms with van der Waals surface area (Å²) in [6.07, 6.45) is -4.79. The monoisotopic (exact) mass is 265 g/mol. The van der Waals surface area contributed by atoms with Gasteiger partial charge in [-0.25, -0.2) is 0 Å². The van der Waals surface area contributed by atoms with Gasteiger partial charge in [-0.3, -0.25) is 0 Å². The van der Waals surface area contributed by atoms with Crippen LogP contribution in [0.4, 0.5) is 13.2 Å². The van der Waals surface area contributed by atoms with Crippen LogP contribution in [0.25, 0.3) is 10.8 Å². The first-order valence-corrected chi connectivity index (χ1v) is 5.50. The van der Waals surface area contributed by atoms with Crippen molar-refractivity contribution in [2.45, 2.75) is 18.7 Å². The van der Waals surface area contributed by atoms with E-state index in [1.165, 1.54) is 30.3 Å². The van der Waals surface area contributed by atoms with E-state index >= 15 is 0 Å². The van der Waals surface area contributed by atoms with E-state index in [0.29, 0.717) is 12.3 Å². The molecule has 19 heavy (non-hydrogen) atoms. The van der Waals surface area contributed by atoms with Crippen molar-refractivity contribution >= 4 is 10.8 Å². The third kappa shape index (κ3) is 2.04. The predicted octanol–water partition coefficient (Wildman–Crippen LogP) is 3.48. The second-order valence-corrected chi connectivity index (χ2v) is 4.39. The van der Waals surface area contributed by atoms with Crippen LogP contribution < -0.4 is 0 Å². The molecule has 0 saturated heterocycles. The van der Waals surface area contributed by atoms with Crippen LogP contribution in [0.1, 0.15) is 18.1 Å². The summed E-state index contributed by atoms with van der Waals surface area (Å²) in [4.78, 5) is 0. The molecule has 0 radical (unpaired) electrons. The molecule has 1 atom stereocenters. The maximum Gasteiger partial charge on any atom is 0.421 e. The molecule has 5 heteroatoms. The molecule has 1 unspecified atom stereocenters. The molecule has 98 valence electrons. The average molecular weight is 265 g/mol. The minimum absolute atomic E-state index is 0.226. The zero-order chi connectivity index (χ0) is 14.3. The number of hydrogen-bond acceptors (Lipinski definition) is 2. The Labute approximate surface area is 107 Å². The van der Waals surface area contributed by atoms with Crippen LogP contribution in [0, 0.1) is 11.3 Å². The molecule has 0 fully saturated rings. The molecule has 2 nitrogen and oxygen atoms in total. The minimum Gasteiger partial charge on any atom is -0.376 e. The van der Waals surface area contributed by atoms with Gasteiger partial charge in [-0.2, -0.15) is 18.4 Å². The summed E-state index contributed by atoms with van der Waals surface area (Å²) >= 11 is 0. The van der Waals surface area contributed by atoms with Gasteiger partial charge >= 0.3 is 6.18 Å². The molecule has 0 aromatic heterocycles. The van der Waals surface area contributed by atoms with Crippen LogP contribution in [-0.2, 0) is 5.60 Å². The summed E-state index contributed by atoms with van der Waals surface area (Å²) in [7, 11) is 0. The van der Waals surface area contributed by atoms with E-state index in [1.807, 2.05) is 6.07 Å². The smallest absolute Gasteiger partial charge is 0.376 e. The number of rotatable bonds is 1.